The Morgan fingerprint density at radius 2 is 1.87 bits per heavy atom. The fourth-order valence-electron chi connectivity index (χ4n) is 3.92. The molecule has 2 heterocycles. The van der Waals surface area contributed by atoms with Gasteiger partial charge < -0.3 is 14.2 Å². The van der Waals surface area contributed by atoms with Gasteiger partial charge in [0.15, 0.2) is 0 Å². The molecule has 0 atom stereocenters. The molecule has 0 N–H and O–H groups in total. The Bertz CT molecular complexity index is 864. The fraction of sp³-hybridized carbons (Fsp3) is 0.619. The number of esters is 1. The average molecular weight is 437 g/mol. The van der Waals surface area contributed by atoms with E-state index in [0.29, 0.717) is 63.3 Å². The van der Waals surface area contributed by atoms with Crippen LogP contribution in [0.2, 0.25) is 0 Å². The first-order chi connectivity index (χ1) is 14.4. The molecule has 0 bridgehead atoms. The highest BCUT2D eigenvalue weighted by atomic mass is 32.2. The first-order valence-corrected chi connectivity index (χ1v) is 11.9. The predicted molar refractivity (Wildman–Crippen MR) is 109 cm³/mol. The van der Waals surface area contributed by atoms with Crippen molar-refractivity contribution in [1.29, 1.82) is 5.26 Å². The van der Waals surface area contributed by atoms with Crippen LogP contribution in [-0.4, -0.2) is 63.5 Å². The van der Waals surface area contributed by atoms with Crippen molar-refractivity contribution in [3.8, 4) is 11.8 Å². The number of sulfonamides is 1. The van der Waals surface area contributed by atoms with Gasteiger partial charge in [-0.25, -0.2) is 12.7 Å². The molecule has 2 aliphatic rings. The van der Waals surface area contributed by atoms with Crippen LogP contribution < -0.4 is 4.74 Å². The maximum Gasteiger partial charge on any atom is 0.313 e. The normalized spacial score (nSPS) is 20.3. The van der Waals surface area contributed by atoms with Crippen LogP contribution in [-0.2, 0) is 24.3 Å². The van der Waals surface area contributed by atoms with E-state index < -0.39 is 21.4 Å². The van der Waals surface area contributed by atoms with Gasteiger partial charge in [-0.2, -0.15) is 5.26 Å². The zero-order valence-electron chi connectivity index (χ0n) is 17.2. The number of benzene rings is 1. The van der Waals surface area contributed by atoms with Gasteiger partial charge in [-0.15, -0.1) is 0 Å². The van der Waals surface area contributed by atoms with Crippen LogP contribution in [0.3, 0.4) is 0 Å². The van der Waals surface area contributed by atoms with Gasteiger partial charge in [0.25, 0.3) is 0 Å². The second kappa shape index (κ2) is 9.77. The maximum absolute atomic E-state index is 13.1. The van der Waals surface area contributed by atoms with Crippen LogP contribution >= 0.6 is 0 Å². The van der Waals surface area contributed by atoms with Gasteiger partial charge in [-0.1, -0.05) is 0 Å². The van der Waals surface area contributed by atoms with Crippen molar-refractivity contribution in [3.63, 3.8) is 0 Å². The van der Waals surface area contributed by atoms with Crippen molar-refractivity contribution < 1.29 is 27.4 Å². The topological polar surface area (TPSA) is 106 Å². The van der Waals surface area contributed by atoms with Crippen molar-refractivity contribution in [2.24, 2.45) is 5.41 Å². The molecule has 0 unspecified atom stereocenters. The molecule has 164 valence electrons. The second-order valence-electron chi connectivity index (χ2n) is 7.72. The summed E-state index contributed by atoms with van der Waals surface area (Å²) >= 11 is 0. The lowest BCUT2D eigenvalue weighted by molar-refractivity contribution is -0.159. The number of nitriles is 1. The summed E-state index contributed by atoms with van der Waals surface area (Å²) in [6.07, 6.45) is 1.74. The number of hydrogen-bond donors (Lipinski definition) is 0. The number of hydrogen-bond acceptors (Lipinski definition) is 7. The lowest BCUT2D eigenvalue weighted by Gasteiger charge is -2.37. The highest BCUT2D eigenvalue weighted by Crippen LogP contribution is 2.35. The minimum atomic E-state index is -3.62. The maximum atomic E-state index is 13.1. The van der Waals surface area contributed by atoms with Crippen molar-refractivity contribution in [3.05, 3.63) is 29.8 Å². The van der Waals surface area contributed by atoms with E-state index in [-0.39, 0.29) is 18.5 Å². The second-order valence-corrected chi connectivity index (χ2v) is 9.69. The van der Waals surface area contributed by atoms with E-state index >= 15 is 0 Å². The molecule has 0 spiro atoms. The van der Waals surface area contributed by atoms with E-state index in [1.165, 1.54) is 4.31 Å². The molecular weight excluding hydrogens is 408 g/mol. The minimum Gasteiger partial charge on any atom is -0.490 e. The highest BCUT2D eigenvalue weighted by Gasteiger charge is 2.46. The number of piperidine rings is 1. The van der Waals surface area contributed by atoms with Gasteiger partial charge in [0, 0.05) is 26.3 Å². The number of rotatable bonds is 7. The molecule has 0 amide bonds. The van der Waals surface area contributed by atoms with Crippen LogP contribution in [0.5, 0.6) is 5.75 Å². The van der Waals surface area contributed by atoms with E-state index in [2.05, 4.69) is 6.07 Å². The molecule has 2 saturated heterocycles. The van der Waals surface area contributed by atoms with Gasteiger partial charge in [0.05, 0.1) is 29.4 Å². The Labute approximate surface area is 177 Å². The fourth-order valence-corrected chi connectivity index (χ4v) is 5.98. The van der Waals surface area contributed by atoms with Gasteiger partial charge >= 0.3 is 5.97 Å². The Morgan fingerprint density at radius 3 is 2.43 bits per heavy atom. The first-order valence-electron chi connectivity index (χ1n) is 10.3. The zero-order valence-corrected chi connectivity index (χ0v) is 18.0. The summed E-state index contributed by atoms with van der Waals surface area (Å²) in [4.78, 5) is 12.6. The van der Waals surface area contributed by atoms with Crippen LogP contribution in [0, 0.1) is 16.7 Å². The molecule has 3 rings (SSSR count). The monoisotopic (exact) mass is 436 g/mol. The van der Waals surface area contributed by atoms with Gasteiger partial charge in [0.2, 0.25) is 10.0 Å². The third-order valence-electron chi connectivity index (χ3n) is 5.70. The van der Waals surface area contributed by atoms with E-state index in [4.69, 9.17) is 19.5 Å². The van der Waals surface area contributed by atoms with E-state index in [9.17, 15) is 13.2 Å². The lowest BCUT2D eigenvalue weighted by Crippen LogP contribution is -2.49. The number of carbonyl (C=O) groups is 1. The number of carbonyl (C=O) groups excluding carboxylic acids is 1. The summed E-state index contributed by atoms with van der Waals surface area (Å²) < 4.78 is 44.2. The van der Waals surface area contributed by atoms with Crippen LogP contribution in [0.1, 0.15) is 38.2 Å². The molecule has 1 aromatic carbocycles. The average Bonchev–Trinajstić information content (AvgIpc) is 2.75. The molecule has 2 aliphatic heterocycles. The van der Waals surface area contributed by atoms with Gasteiger partial charge in [-0.3, -0.25) is 4.79 Å². The van der Waals surface area contributed by atoms with Crippen molar-refractivity contribution in [2.45, 2.75) is 38.7 Å². The molecule has 0 saturated carbocycles. The highest BCUT2D eigenvalue weighted by molar-refractivity contribution is 7.89. The smallest absolute Gasteiger partial charge is 0.313 e. The Kier molecular flexibility index (Phi) is 7.34. The molecule has 2 fully saturated rings. The largest absolute Gasteiger partial charge is 0.490 e. The summed E-state index contributed by atoms with van der Waals surface area (Å²) in [5, 5.41) is 8.87. The number of ether oxygens (including phenoxy) is 3. The van der Waals surface area contributed by atoms with Gasteiger partial charge in [-0.05, 0) is 56.9 Å². The molecule has 0 radical (unpaired) electrons. The summed E-state index contributed by atoms with van der Waals surface area (Å²) in [5.74, 6) is -0.0294. The van der Waals surface area contributed by atoms with Crippen molar-refractivity contribution in [1.82, 2.24) is 4.31 Å². The first kappa shape index (κ1) is 22.5. The van der Waals surface area contributed by atoms with Crippen molar-refractivity contribution in [2.75, 3.05) is 38.7 Å². The number of nitrogens with zero attached hydrogens (tertiary/aromatic N) is 2. The molecule has 30 heavy (non-hydrogen) atoms. The van der Waals surface area contributed by atoms with E-state index in [1.54, 1.807) is 31.2 Å². The SMILES string of the molecule is CCOC(=O)C1(CS(=O)(=O)N2CCC(Oc3ccc(C#N)cc3)CC2)CCOCC1. The summed E-state index contributed by atoms with van der Waals surface area (Å²) in [6, 6.07) is 8.94. The van der Waals surface area contributed by atoms with Crippen LogP contribution in [0.15, 0.2) is 24.3 Å². The van der Waals surface area contributed by atoms with E-state index in [1.807, 2.05) is 0 Å². The third-order valence-corrected chi connectivity index (χ3v) is 7.77. The van der Waals surface area contributed by atoms with Crippen molar-refractivity contribution >= 4 is 16.0 Å². The van der Waals surface area contributed by atoms with Crippen LogP contribution in [0.25, 0.3) is 0 Å². The summed E-state index contributed by atoms with van der Waals surface area (Å²) in [7, 11) is -3.62. The molecule has 9 heteroatoms. The Balaban J connectivity index is 1.60. The third kappa shape index (κ3) is 5.31. The standard InChI is InChI=1S/C21H28N2O6S/c1-2-28-20(24)21(9-13-27-14-10-21)16-30(25,26)23-11-7-19(8-12-23)29-18-5-3-17(15-22)4-6-18/h3-6,19H,2,7-14,16H2,1H3. The summed E-state index contributed by atoms with van der Waals surface area (Å²) in [5.41, 5.74) is -0.477. The van der Waals surface area contributed by atoms with Gasteiger partial charge in [0.1, 0.15) is 11.9 Å². The molecule has 0 aliphatic carbocycles. The lowest BCUT2D eigenvalue weighted by atomic mass is 9.82. The van der Waals surface area contributed by atoms with Crippen LogP contribution in [0.4, 0.5) is 0 Å². The Morgan fingerprint density at radius 1 is 1.23 bits per heavy atom. The molecular formula is C21H28N2O6S. The van der Waals surface area contributed by atoms with E-state index in [0.717, 1.165) is 0 Å². The summed E-state index contributed by atoms with van der Waals surface area (Å²) in [6.45, 7) is 3.35. The predicted octanol–water partition coefficient (Wildman–Crippen LogP) is 2.09. The Hall–Kier alpha value is -2.15. The quantitative estimate of drug-likeness (QED) is 0.603. The zero-order chi connectivity index (χ0) is 21.6. The molecule has 1 aromatic rings. The minimum absolute atomic E-state index is 0.0912. The molecule has 8 nitrogen and oxygen atoms in total. The molecule has 0 aromatic heterocycles.